The topological polar surface area (TPSA) is 29.3 Å². The lowest BCUT2D eigenvalue weighted by Crippen LogP contribution is -2.28. The Kier molecular flexibility index (Phi) is 4.45. The third-order valence-electron chi connectivity index (χ3n) is 3.46. The molecule has 1 unspecified atom stereocenters. The standard InChI is InChI=1S/C17H22N2/c1-3-13-19(17-12-8-7-11-16(17)18)14(2)15-9-5-4-6-10-15/h4-12,14H,3,13,18H2,1-2H3. The van der Waals surface area contributed by atoms with Crippen LogP contribution in [0.25, 0.3) is 0 Å². The van der Waals surface area contributed by atoms with Crippen molar-refractivity contribution in [2.45, 2.75) is 26.3 Å². The largest absolute Gasteiger partial charge is 0.397 e. The Hall–Kier alpha value is -1.96. The van der Waals surface area contributed by atoms with Gasteiger partial charge in [0.2, 0.25) is 0 Å². The Balaban J connectivity index is 2.33. The smallest absolute Gasteiger partial charge is 0.0604 e. The van der Waals surface area contributed by atoms with Crippen molar-refractivity contribution in [2.24, 2.45) is 0 Å². The summed E-state index contributed by atoms with van der Waals surface area (Å²) in [5.41, 5.74) is 9.42. The molecular formula is C17H22N2. The third kappa shape index (κ3) is 3.08. The molecule has 100 valence electrons. The molecule has 2 nitrogen and oxygen atoms in total. The van der Waals surface area contributed by atoms with Crippen LogP contribution in [0.15, 0.2) is 54.6 Å². The zero-order chi connectivity index (χ0) is 13.7. The predicted molar refractivity (Wildman–Crippen MR) is 83.3 cm³/mol. The maximum Gasteiger partial charge on any atom is 0.0604 e. The number of hydrogen-bond acceptors (Lipinski definition) is 2. The molecule has 2 aromatic carbocycles. The zero-order valence-electron chi connectivity index (χ0n) is 11.7. The number of nitrogen functional groups attached to an aromatic ring is 1. The summed E-state index contributed by atoms with van der Waals surface area (Å²) in [6.07, 6.45) is 1.10. The first-order valence-corrected chi connectivity index (χ1v) is 6.90. The Morgan fingerprint density at radius 2 is 1.63 bits per heavy atom. The quantitative estimate of drug-likeness (QED) is 0.808. The fraction of sp³-hybridized carbons (Fsp3) is 0.294. The van der Waals surface area contributed by atoms with Crippen molar-refractivity contribution in [3.05, 3.63) is 60.2 Å². The van der Waals surface area contributed by atoms with Gasteiger partial charge in [0.25, 0.3) is 0 Å². The summed E-state index contributed by atoms with van der Waals surface area (Å²) in [7, 11) is 0. The van der Waals surface area contributed by atoms with Crippen LogP contribution in [0.1, 0.15) is 31.9 Å². The normalized spacial score (nSPS) is 12.1. The Bertz CT molecular complexity index is 508. The van der Waals surface area contributed by atoms with Crippen molar-refractivity contribution < 1.29 is 0 Å². The lowest BCUT2D eigenvalue weighted by Gasteiger charge is -2.32. The van der Waals surface area contributed by atoms with Crippen LogP contribution < -0.4 is 10.6 Å². The summed E-state index contributed by atoms with van der Waals surface area (Å²) >= 11 is 0. The highest BCUT2D eigenvalue weighted by Gasteiger charge is 2.17. The van der Waals surface area contributed by atoms with Gasteiger partial charge < -0.3 is 10.6 Å². The molecule has 0 bridgehead atoms. The second kappa shape index (κ2) is 6.28. The highest BCUT2D eigenvalue weighted by molar-refractivity contribution is 5.68. The van der Waals surface area contributed by atoms with E-state index in [1.807, 2.05) is 18.2 Å². The number of benzene rings is 2. The van der Waals surface area contributed by atoms with Crippen LogP contribution in [0.5, 0.6) is 0 Å². The summed E-state index contributed by atoms with van der Waals surface area (Å²) in [4.78, 5) is 2.38. The van der Waals surface area contributed by atoms with Gasteiger partial charge in [-0.2, -0.15) is 0 Å². The van der Waals surface area contributed by atoms with E-state index in [4.69, 9.17) is 5.73 Å². The van der Waals surface area contributed by atoms with Gasteiger partial charge in [0.15, 0.2) is 0 Å². The second-order valence-corrected chi connectivity index (χ2v) is 4.84. The Morgan fingerprint density at radius 3 is 2.26 bits per heavy atom. The first kappa shape index (κ1) is 13.5. The summed E-state index contributed by atoms with van der Waals surface area (Å²) in [5, 5.41) is 0. The molecule has 1 atom stereocenters. The van der Waals surface area contributed by atoms with Crippen molar-refractivity contribution in [3.63, 3.8) is 0 Å². The molecule has 2 aromatic rings. The highest BCUT2D eigenvalue weighted by Crippen LogP contribution is 2.31. The highest BCUT2D eigenvalue weighted by atomic mass is 15.2. The Morgan fingerprint density at radius 1 is 1.00 bits per heavy atom. The maximum absolute atomic E-state index is 6.13. The van der Waals surface area contributed by atoms with E-state index in [9.17, 15) is 0 Å². The lowest BCUT2D eigenvalue weighted by molar-refractivity contribution is 0.660. The number of rotatable bonds is 5. The van der Waals surface area contributed by atoms with Crippen LogP contribution in [0.2, 0.25) is 0 Å². The van der Waals surface area contributed by atoms with Gasteiger partial charge in [-0.15, -0.1) is 0 Å². The number of nitrogens with two attached hydrogens (primary N) is 1. The van der Waals surface area contributed by atoms with Gasteiger partial charge in [0.05, 0.1) is 17.4 Å². The van der Waals surface area contributed by atoms with E-state index in [2.05, 4.69) is 55.1 Å². The molecule has 0 aliphatic heterocycles. The lowest BCUT2D eigenvalue weighted by atomic mass is 10.1. The van der Waals surface area contributed by atoms with Crippen LogP contribution in [0, 0.1) is 0 Å². The second-order valence-electron chi connectivity index (χ2n) is 4.84. The summed E-state index contributed by atoms with van der Waals surface area (Å²) < 4.78 is 0. The molecular weight excluding hydrogens is 232 g/mol. The van der Waals surface area contributed by atoms with Crippen molar-refractivity contribution in [1.29, 1.82) is 0 Å². The number of nitrogens with zero attached hydrogens (tertiary/aromatic N) is 1. The van der Waals surface area contributed by atoms with Crippen molar-refractivity contribution in [3.8, 4) is 0 Å². The SMILES string of the molecule is CCCN(c1ccccc1N)C(C)c1ccccc1. The van der Waals surface area contributed by atoms with E-state index < -0.39 is 0 Å². The molecule has 0 aromatic heterocycles. The number of para-hydroxylation sites is 2. The first-order valence-electron chi connectivity index (χ1n) is 6.90. The summed E-state index contributed by atoms with van der Waals surface area (Å²) in [6.45, 7) is 5.44. The maximum atomic E-state index is 6.13. The molecule has 0 heterocycles. The molecule has 0 spiro atoms. The molecule has 2 N–H and O–H groups in total. The van der Waals surface area contributed by atoms with Gasteiger partial charge in [-0.1, -0.05) is 49.4 Å². The van der Waals surface area contributed by atoms with Crippen LogP contribution in [-0.4, -0.2) is 6.54 Å². The summed E-state index contributed by atoms with van der Waals surface area (Å²) in [5.74, 6) is 0. The molecule has 2 rings (SSSR count). The van der Waals surface area contributed by atoms with Crippen LogP contribution in [0.4, 0.5) is 11.4 Å². The zero-order valence-corrected chi connectivity index (χ0v) is 11.7. The predicted octanol–water partition coefficient (Wildman–Crippen LogP) is 4.25. The summed E-state index contributed by atoms with van der Waals surface area (Å²) in [6, 6.07) is 19.0. The molecule has 2 heteroatoms. The monoisotopic (exact) mass is 254 g/mol. The van der Waals surface area contributed by atoms with Crippen molar-refractivity contribution in [2.75, 3.05) is 17.2 Å². The third-order valence-corrected chi connectivity index (χ3v) is 3.46. The van der Waals surface area contributed by atoms with Crippen molar-refractivity contribution >= 4 is 11.4 Å². The molecule has 0 radical (unpaired) electrons. The van der Waals surface area contributed by atoms with Crippen LogP contribution >= 0.6 is 0 Å². The van der Waals surface area contributed by atoms with E-state index in [0.29, 0.717) is 6.04 Å². The first-order chi connectivity index (χ1) is 9.24. The minimum atomic E-state index is 0.325. The molecule has 0 fully saturated rings. The molecule has 0 saturated carbocycles. The van der Waals surface area contributed by atoms with E-state index in [0.717, 1.165) is 24.3 Å². The average molecular weight is 254 g/mol. The number of anilines is 2. The molecule has 0 saturated heterocycles. The van der Waals surface area contributed by atoms with Gasteiger partial charge in [-0.25, -0.2) is 0 Å². The minimum Gasteiger partial charge on any atom is -0.397 e. The van der Waals surface area contributed by atoms with Gasteiger partial charge >= 0.3 is 0 Å². The van der Waals surface area contributed by atoms with Gasteiger partial charge in [0.1, 0.15) is 0 Å². The Labute approximate surface area is 115 Å². The molecule has 19 heavy (non-hydrogen) atoms. The van der Waals surface area contributed by atoms with Gasteiger partial charge in [-0.3, -0.25) is 0 Å². The fourth-order valence-electron chi connectivity index (χ4n) is 2.42. The van der Waals surface area contributed by atoms with Crippen molar-refractivity contribution in [1.82, 2.24) is 0 Å². The van der Waals surface area contributed by atoms with E-state index in [1.165, 1.54) is 5.56 Å². The number of hydrogen-bond donors (Lipinski definition) is 1. The fourth-order valence-corrected chi connectivity index (χ4v) is 2.42. The van der Waals surface area contributed by atoms with Crippen LogP contribution in [-0.2, 0) is 0 Å². The molecule has 0 amide bonds. The van der Waals surface area contributed by atoms with Gasteiger partial charge in [-0.05, 0) is 31.0 Å². The van der Waals surface area contributed by atoms with E-state index in [1.54, 1.807) is 0 Å². The molecule has 0 aliphatic carbocycles. The van der Waals surface area contributed by atoms with E-state index in [-0.39, 0.29) is 0 Å². The van der Waals surface area contributed by atoms with E-state index >= 15 is 0 Å². The average Bonchev–Trinajstić information content (AvgIpc) is 2.46. The van der Waals surface area contributed by atoms with Crippen LogP contribution in [0.3, 0.4) is 0 Å². The van der Waals surface area contributed by atoms with Gasteiger partial charge in [0, 0.05) is 6.54 Å². The minimum absolute atomic E-state index is 0.325. The molecule has 0 aliphatic rings.